The van der Waals surface area contributed by atoms with Crippen molar-refractivity contribution in [2.45, 2.75) is 24.0 Å². The standard InChI is InChI=1S/C33H30BrN3O4S/c1-3-41-26-17-13-23(14-18-26)21-30(37-32(39)24-9-5-4-6-10-24)33(40)35-25-15-19-27(20-16-25)42-22(2)31(38)36-29-12-8-7-11-28(29)34/h4-22H,3H2,1-2H3,(H,35,40)(H,36,38)(H,37,39)/b30-21-. The molecule has 9 heteroatoms. The van der Waals surface area contributed by atoms with Gasteiger partial charge in [0.05, 0.1) is 17.5 Å². The molecule has 42 heavy (non-hydrogen) atoms. The van der Waals surface area contributed by atoms with Crippen LogP contribution in [0.25, 0.3) is 6.08 Å². The van der Waals surface area contributed by atoms with E-state index in [0.29, 0.717) is 29.3 Å². The lowest BCUT2D eigenvalue weighted by Gasteiger charge is -2.14. The number of anilines is 2. The number of nitrogens with one attached hydrogen (secondary N) is 3. The summed E-state index contributed by atoms with van der Waals surface area (Å²) in [4.78, 5) is 39.8. The van der Waals surface area contributed by atoms with Gasteiger partial charge in [0.25, 0.3) is 11.8 Å². The first-order valence-corrected chi connectivity index (χ1v) is 14.9. The number of ether oxygens (including phenoxy) is 1. The molecule has 0 aliphatic carbocycles. The van der Waals surface area contributed by atoms with Crippen molar-refractivity contribution >= 4 is 62.9 Å². The highest BCUT2D eigenvalue weighted by atomic mass is 79.9. The van der Waals surface area contributed by atoms with Crippen LogP contribution >= 0.6 is 27.7 Å². The summed E-state index contributed by atoms with van der Waals surface area (Å²) < 4.78 is 6.31. The van der Waals surface area contributed by atoms with Crippen molar-refractivity contribution < 1.29 is 19.1 Å². The number of hydrogen-bond donors (Lipinski definition) is 3. The summed E-state index contributed by atoms with van der Waals surface area (Å²) in [6, 6.07) is 30.5. The van der Waals surface area contributed by atoms with E-state index in [-0.39, 0.29) is 16.9 Å². The summed E-state index contributed by atoms with van der Waals surface area (Å²) >= 11 is 4.85. The Hall–Kier alpha value is -4.34. The quantitative estimate of drug-likeness (QED) is 0.117. The molecule has 0 spiro atoms. The normalized spacial score (nSPS) is 11.7. The second-order valence-corrected chi connectivity index (χ2v) is 11.4. The van der Waals surface area contributed by atoms with Crippen molar-refractivity contribution in [1.82, 2.24) is 5.32 Å². The van der Waals surface area contributed by atoms with Gasteiger partial charge in [0, 0.05) is 20.6 Å². The molecule has 3 N–H and O–H groups in total. The van der Waals surface area contributed by atoms with Gasteiger partial charge in [0.2, 0.25) is 5.91 Å². The maximum absolute atomic E-state index is 13.3. The smallest absolute Gasteiger partial charge is 0.272 e. The first-order valence-electron chi connectivity index (χ1n) is 13.3. The van der Waals surface area contributed by atoms with Gasteiger partial charge in [0.15, 0.2) is 0 Å². The molecule has 0 aromatic heterocycles. The first-order chi connectivity index (χ1) is 20.3. The molecule has 0 radical (unpaired) electrons. The second kappa shape index (κ2) is 15.0. The van der Waals surface area contributed by atoms with Gasteiger partial charge in [-0.25, -0.2) is 0 Å². The molecule has 4 aromatic rings. The lowest BCUT2D eigenvalue weighted by molar-refractivity contribution is -0.115. The number of para-hydroxylation sites is 1. The van der Waals surface area contributed by atoms with Gasteiger partial charge in [0.1, 0.15) is 11.4 Å². The monoisotopic (exact) mass is 643 g/mol. The lowest BCUT2D eigenvalue weighted by atomic mass is 10.1. The molecular formula is C33H30BrN3O4S. The number of amides is 3. The first kappa shape index (κ1) is 30.6. The minimum Gasteiger partial charge on any atom is -0.494 e. The van der Waals surface area contributed by atoms with Crippen LogP contribution in [0.2, 0.25) is 0 Å². The summed E-state index contributed by atoms with van der Waals surface area (Å²) in [6.45, 7) is 4.29. The number of rotatable bonds is 11. The number of halogens is 1. The van der Waals surface area contributed by atoms with E-state index >= 15 is 0 Å². The topological polar surface area (TPSA) is 96.5 Å². The van der Waals surface area contributed by atoms with Crippen molar-refractivity contribution in [2.24, 2.45) is 0 Å². The molecule has 0 saturated heterocycles. The Morgan fingerprint density at radius 2 is 1.52 bits per heavy atom. The molecule has 0 aliphatic heterocycles. The summed E-state index contributed by atoms with van der Waals surface area (Å²) in [7, 11) is 0. The third-order valence-electron chi connectivity index (χ3n) is 5.96. The fourth-order valence-electron chi connectivity index (χ4n) is 3.81. The molecule has 1 unspecified atom stereocenters. The maximum Gasteiger partial charge on any atom is 0.272 e. The number of thioether (sulfide) groups is 1. The molecule has 0 heterocycles. The molecule has 7 nitrogen and oxygen atoms in total. The van der Waals surface area contributed by atoms with Crippen LogP contribution in [-0.4, -0.2) is 29.6 Å². The Labute approximate surface area is 257 Å². The van der Waals surface area contributed by atoms with Gasteiger partial charge >= 0.3 is 0 Å². The summed E-state index contributed by atoms with van der Waals surface area (Å²) in [6.07, 6.45) is 1.61. The summed E-state index contributed by atoms with van der Waals surface area (Å²) in [5.41, 5.74) is 2.49. The number of carbonyl (C=O) groups excluding carboxylic acids is 3. The highest BCUT2D eigenvalue weighted by Gasteiger charge is 2.17. The Bertz CT molecular complexity index is 1560. The molecule has 4 aromatic carbocycles. The van der Waals surface area contributed by atoms with Gasteiger partial charge < -0.3 is 20.7 Å². The van der Waals surface area contributed by atoms with E-state index in [4.69, 9.17) is 4.74 Å². The van der Waals surface area contributed by atoms with Gasteiger partial charge in [-0.15, -0.1) is 11.8 Å². The zero-order chi connectivity index (χ0) is 29.9. The van der Waals surface area contributed by atoms with E-state index in [0.717, 1.165) is 14.9 Å². The minimum atomic E-state index is -0.477. The zero-order valence-electron chi connectivity index (χ0n) is 23.1. The third kappa shape index (κ3) is 8.83. The predicted molar refractivity (Wildman–Crippen MR) is 173 cm³/mol. The SMILES string of the molecule is CCOc1ccc(/C=C(\NC(=O)c2ccccc2)C(=O)Nc2ccc(SC(C)C(=O)Nc3ccccc3Br)cc2)cc1. The Morgan fingerprint density at radius 3 is 2.19 bits per heavy atom. The molecule has 3 amide bonds. The summed E-state index contributed by atoms with van der Waals surface area (Å²) in [5.74, 6) is -0.284. The van der Waals surface area contributed by atoms with Crippen LogP contribution < -0.4 is 20.7 Å². The van der Waals surface area contributed by atoms with Gasteiger partial charge in [-0.05, 0) is 102 Å². The zero-order valence-corrected chi connectivity index (χ0v) is 25.5. The van der Waals surface area contributed by atoms with Crippen molar-refractivity contribution in [1.29, 1.82) is 0 Å². The molecule has 0 saturated carbocycles. The van der Waals surface area contributed by atoms with Crippen molar-refractivity contribution in [2.75, 3.05) is 17.2 Å². The maximum atomic E-state index is 13.3. The number of hydrogen-bond acceptors (Lipinski definition) is 5. The van der Waals surface area contributed by atoms with Crippen LogP contribution in [0.1, 0.15) is 29.8 Å². The Balaban J connectivity index is 1.44. The molecule has 0 bridgehead atoms. The van der Waals surface area contributed by atoms with E-state index in [9.17, 15) is 14.4 Å². The fourth-order valence-corrected chi connectivity index (χ4v) is 5.06. The second-order valence-electron chi connectivity index (χ2n) is 9.09. The molecule has 0 aliphatic rings. The predicted octanol–water partition coefficient (Wildman–Crippen LogP) is 7.38. The third-order valence-corrected chi connectivity index (χ3v) is 7.76. The summed E-state index contributed by atoms with van der Waals surface area (Å²) in [5, 5.41) is 8.17. The molecule has 4 rings (SSSR count). The van der Waals surface area contributed by atoms with Crippen LogP contribution in [0.5, 0.6) is 5.75 Å². The van der Waals surface area contributed by atoms with Crippen molar-refractivity contribution in [3.63, 3.8) is 0 Å². The average Bonchev–Trinajstić information content (AvgIpc) is 3.00. The van der Waals surface area contributed by atoms with Gasteiger partial charge in [-0.2, -0.15) is 0 Å². The van der Waals surface area contributed by atoms with Crippen LogP contribution in [0.15, 0.2) is 118 Å². The van der Waals surface area contributed by atoms with Crippen LogP contribution in [0.3, 0.4) is 0 Å². The molecule has 1 atom stereocenters. The largest absolute Gasteiger partial charge is 0.494 e. The van der Waals surface area contributed by atoms with Crippen LogP contribution in [0, 0.1) is 0 Å². The number of carbonyl (C=O) groups is 3. The Morgan fingerprint density at radius 1 is 0.857 bits per heavy atom. The molecule has 0 fully saturated rings. The highest BCUT2D eigenvalue weighted by molar-refractivity contribution is 9.10. The van der Waals surface area contributed by atoms with Crippen LogP contribution in [0.4, 0.5) is 11.4 Å². The van der Waals surface area contributed by atoms with E-state index in [1.54, 1.807) is 54.6 Å². The molecular weight excluding hydrogens is 614 g/mol. The average molecular weight is 645 g/mol. The lowest BCUT2D eigenvalue weighted by Crippen LogP contribution is -2.30. The number of benzene rings is 4. The van der Waals surface area contributed by atoms with Gasteiger partial charge in [-0.1, -0.05) is 42.5 Å². The molecule has 214 valence electrons. The van der Waals surface area contributed by atoms with Gasteiger partial charge in [-0.3, -0.25) is 14.4 Å². The highest BCUT2D eigenvalue weighted by Crippen LogP contribution is 2.27. The van der Waals surface area contributed by atoms with Crippen LogP contribution in [-0.2, 0) is 9.59 Å². The Kier molecular flexibility index (Phi) is 11.0. The van der Waals surface area contributed by atoms with Crippen molar-refractivity contribution in [3.8, 4) is 5.75 Å². The van der Waals surface area contributed by atoms with E-state index in [1.807, 2.05) is 68.4 Å². The van der Waals surface area contributed by atoms with Crippen molar-refractivity contribution in [3.05, 3.63) is 124 Å². The minimum absolute atomic E-state index is 0.0869. The van der Waals surface area contributed by atoms with E-state index in [1.165, 1.54) is 11.8 Å². The van der Waals surface area contributed by atoms with E-state index < -0.39 is 11.8 Å². The fraction of sp³-hybridized carbons (Fsp3) is 0.121. The van der Waals surface area contributed by atoms with E-state index in [2.05, 4.69) is 31.9 Å².